The first-order valence-corrected chi connectivity index (χ1v) is 6.46. The fraction of sp³-hybridized carbons (Fsp3) is 0.571. The van der Waals surface area contributed by atoms with Crippen LogP contribution in [0.1, 0.15) is 31.2 Å². The van der Waals surface area contributed by atoms with Crippen molar-refractivity contribution in [2.24, 2.45) is 17.8 Å². The van der Waals surface area contributed by atoms with Crippen molar-refractivity contribution in [1.29, 1.82) is 0 Å². The lowest BCUT2D eigenvalue weighted by Crippen LogP contribution is -2.27. The van der Waals surface area contributed by atoms with Gasteiger partial charge in [0.15, 0.2) is 0 Å². The molecule has 2 aliphatic carbocycles. The third-order valence-corrected chi connectivity index (χ3v) is 4.24. The number of carbonyl (C=O) groups excluding carboxylic acids is 1. The second-order valence-corrected chi connectivity index (χ2v) is 5.49. The van der Waals surface area contributed by atoms with Gasteiger partial charge < -0.3 is 5.32 Å². The maximum Gasteiger partial charge on any atom is 0.228 e. The summed E-state index contributed by atoms with van der Waals surface area (Å²) in [5.41, 5.74) is 1.13. The summed E-state index contributed by atoms with van der Waals surface area (Å²) in [5, 5.41) is 2.96. The minimum Gasteiger partial charge on any atom is -0.310 e. The van der Waals surface area contributed by atoms with E-state index in [1.54, 1.807) is 6.20 Å². The molecule has 3 heteroatoms. The van der Waals surface area contributed by atoms with Gasteiger partial charge in [0, 0.05) is 12.1 Å². The molecule has 1 amide bonds. The maximum absolute atomic E-state index is 12.2. The van der Waals surface area contributed by atoms with Gasteiger partial charge in [0.25, 0.3) is 0 Å². The summed E-state index contributed by atoms with van der Waals surface area (Å²) in [6.07, 6.45) is 6.66. The normalized spacial score (nSPS) is 30.5. The topological polar surface area (TPSA) is 42.0 Å². The van der Waals surface area contributed by atoms with E-state index in [0.29, 0.717) is 11.7 Å². The Morgan fingerprint density at radius 1 is 1.41 bits per heavy atom. The number of aryl methyl sites for hydroxylation is 1. The molecule has 0 aromatic carbocycles. The highest BCUT2D eigenvalue weighted by molar-refractivity contribution is 5.92. The Balaban J connectivity index is 1.68. The Kier molecular flexibility index (Phi) is 2.61. The van der Waals surface area contributed by atoms with Gasteiger partial charge in [-0.05, 0) is 55.7 Å². The largest absolute Gasteiger partial charge is 0.310 e. The zero-order chi connectivity index (χ0) is 11.8. The maximum atomic E-state index is 12.2. The highest BCUT2D eigenvalue weighted by Crippen LogP contribution is 2.48. The second-order valence-electron chi connectivity index (χ2n) is 5.49. The molecular formula is C14H18N2O. The third kappa shape index (κ3) is 2.06. The molecule has 0 aliphatic heterocycles. The summed E-state index contributed by atoms with van der Waals surface area (Å²) in [5.74, 6) is 2.54. The van der Waals surface area contributed by atoms with Crippen molar-refractivity contribution in [2.75, 3.05) is 5.32 Å². The average molecular weight is 230 g/mol. The molecule has 0 saturated heterocycles. The monoisotopic (exact) mass is 230 g/mol. The van der Waals surface area contributed by atoms with Gasteiger partial charge in [-0.25, -0.2) is 4.98 Å². The summed E-state index contributed by atoms with van der Waals surface area (Å²) < 4.78 is 0. The van der Waals surface area contributed by atoms with Crippen LogP contribution in [0.4, 0.5) is 5.82 Å². The lowest BCUT2D eigenvalue weighted by atomic mass is 9.88. The van der Waals surface area contributed by atoms with Gasteiger partial charge in [0.05, 0.1) is 0 Å². The first-order chi connectivity index (χ1) is 8.22. The molecule has 2 saturated carbocycles. The fourth-order valence-corrected chi connectivity index (χ4v) is 3.39. The highest BCUT2D eigenvalue weighted by Gasteiger charge is 2.43. The molecule has 1 N–H and O–H groups in total. The van der Waals surface area contributed by atoms with E-state index in [9.17, 15) is 4.79 Å². The molecule has 1 heterocycles. The smallest absolute Gasteiger partial charge is 0.228 e. The number of hydrogen-bond acceptors (Lipinski definition) is 2. The number of carbonyl (C=O) groups is 1. The van der Waals surface area contributed by atoms with E-state index in [2.05, 4.69) is 10.3 Å². The summed E-state index contributed by atoms with van der Waals surface area (Å²) in [4.78, 5) is 16.3. The number of aromatic nitrogens is 1. The van der Waals surface area contributed by atoms with Crippen molar-refractivity contribution in [3.8, 4) is 0 Å². The van der Waals surface area contributed by atoms with Crippen LogP contribution in [0, 0.1) is 24.7 Å². The summed E-state index contributed by atoms with van der Waals surface area (Å²) in [6, 6.07) is 3.86. The molecule has 17 heavy (non-hydrogen) atoms. The average Bonchev–Trinajstić information content (AvgIpc) is 2.90. The molecule has 3 rings (SSSR count). The lowest BCUT2D eigenvalue weighted by Gasteiger charge is -2.20. The van der Waals surface area contributed by atoms with Crippen LogP contribution in [0.2, 0.25) is 0 Å². The van der Waals surface area contributed by atoms with E-state index in [0.717, 1.165) is 17.9 Å². The molecule has 0 radical (unpaired) electrons. The number of amides is 1. The second kappa shape index (κ2) is 4.13. The Morgan fingerprint density at radius 2 is 2.29 bits per heavy atom. The molecule has 2 bridgehead atoms. The van der Waals surface area contributed by atoms with Gasteiger partial charge in [-0.2, -0.15) is 0 Å². The Bertz CT molecular complexity index is 444. The van der Waals surface area contributed by atoms with Gasteiger partial charge in [0.1, 0.15) is 5.82 Å². The number of hydrogen-bond donors (Lipinski definition) is 1. The number of nitrogens with one attached hydrogen (secondary N) is 1. The zero-order valence-corrected chi connectivity index (χ0v) is 10.1. The van der Waals surface area contributed by atoms with Crippen molar-refractivity contribution < 1.29 is 4.79 Å². The van der Waals surface area contributed by atoms with Crippen LogP contribution >= 0.6 is 0 Å². The van der Waals surface area contributed by atoms with Crippen molar-refractivity contribution in [3.05, 3.63) is 23.9 Å². The minimum atomic E-state index is 0.176. The molecule has 3 nitrogen and oxygen atoms in total. The number of rotatable bonds is 2. The predicted octanol–water partition coefficient (Wildman–Crippen LogP) is 2.76. The van der Waals surface area contributed by atoms with Crippen molar-refractivity contribution in [1.82, 2.24) is 4.98 Å². The fourth-order valence-electron chi connectivity index (χ4n) is 3.39. The Morgan fingerprint density at radius 3 is 2.94 bits per heavy atom. The Hall–Kier alpha value is -1.38. The van der Waals surface area contributed by atoms with Crippen molar-refractivity contribution >= 4 is 11.7 Å². The van der Waals surface area contributed by atoms with Crippen LogP contribution in [0.15, 0.2) is 18.3 Å². The van der Waals surface area contributed by atoms with Crippen LogP contribution in [0.3, 0.4) is 0 Å². The zero-order valence-electron chi connectivity index (χ0n) is 10.1. The first kappa shape index (κ1) is 10.8. The molecule has 90 valence electrons. The predicted molar refractivity (Wildman–Crippen MR) is 66.5 cm³/mol. The first-order valence-electron chi connectivity index (χ1n) is 6.46. The van der Waals surface area contributed by atoms with Crippen LogP contribution in [-0.4, -0.2) is 10.9 Å². The van der Waals surface area contributed by atoms with E-state index < -0.39 is 0 Å². The van der Waals surface area contributed by atoms with Gasteiger partial charge in [-0.15, -0.1) is 0 Å². The van der Waals surface area contributed by atoms with Gasteiger partial charge in [0.2, 0.25) is 5.91 Å². The van der Waals surface area contributed by atoms with E-state index in [4.69, 9.17) is 0 Å². The molecular weight excluding hydrogens is 212 g/mol. The molecule has 1 aromatic rings. The summed E-state index contributed by atoms with van der Waals surface area (Å²) >= 11 is 0. The standard InChI is InChI=1S/C14H18N2O/c1-9-4-5-15-13(6-9)16-14(17)12-8-10-2-3-11(12)7-10/h4-6,10-12H,2-3,7-8H2,1H3,(H,15,16,17)/t10-,11-,12+/m1/s1. The minimum absolute atomic E-state index is 0.176. The molecule has 0 unspecified atom stereocenters. The highest BCUT2D eigenvalue weighted by atomic mass is 16.2. The van der Waals surface area contributed by atoms with E-state index in [-0.39, 0.29) is 11.8 Å². The molecule has 2 fully saturated rings. The van der Waals surface area contributed by atoms with Crippen LogP contribution in [0.25, 0.3) is 0 Å². The number of fused-ring (bicyclic) bond motifs is 2. The van der Waals surface area contributed by atoms with Crippen molar-refractivity contribution in [2.45, 2.75) is 32.6 Å². The van der Waals surface area contributed by atoms with Crippen LogP contribution in [-0.2, 0) is 4.79 Å². The summed E-state index contributed by atoms with van der Waals surface area (Å²) in [6.45, 7) is 2.01. The number of nitrogens with zero attached hydrogens (tertiary/aromatic N) is 1. The van der Waals surface area contributed by atoms with E-state index >= 15 is 0 Å². The third-order valence-electron chi connectivity index (χ3n) is 4.24. The molecule has 1 aromatic heterocycles. The molecule has 0 spiro atoms. The SMILES string of the molecule is Cc1ccnc(NC(=O)[C@H]2C[C@@H]3CC[C@@H]2C3)c1. The van der Waals surface area contributed by atoms with Crippen LogP contribution < -0.4 is 5.32 Å². The van der Waals surface area contributed by atoms with Gasteiger partial charge in [-0.3, -0.25) is 4.79 Å². The lowest BCUT2D eigenvalue weighted by molar-refractivity contribution is -0.121. The number of pyridine rings is 1. The van der Waals surface area contributed by atoms with Gasteiger partial charge >= 0.3 is 0 Å². The quantitative estimate of drug-likeness (QED) is 0.848. The summed E-state index contributed by atoms with van der Waals surface area (Å²) in [7, 11) is 0. The van der Waals surface area contributed by atoms with E-state index in [1.165, 1.54) is 19.3 Å². The molecule has 3 atom stereocenters. The van der Waals surface area contributed by atoms with Gasteiger partial charge in [-0.1, -0.05) is 6.42 Å². The van der Waals surface area contributed by atoms with Crippen LogP contribution in [0.5, 0.6) is 0 Å². The molecule has 2 aliphatic rings. The van der Waals surface area contributed by atoms with Crippen molar-refractivity contribution in [3.63, 3.8) is 0 Å². The Labute approximate surface area is 102 Å². The van der Waals surface area contributed by atoms with E-state index in [1.807, 2.05) is 19.1 Å². The number of anilines is 1.